The van der Waals surface area contributed by atoms with Crippen molar-refractivity contribution in [2.75, 3.05) is 102 Å². The molecule has 0 aliphatic carbocycles. The topological polar surface area (TPSA) is 257 Å². The molecule has 0 saturated carbocycles. The first-order valence-electron chi connectivity index (χ1n) is 33.5. The lowest BCUT2D eigenvalue weighted by molar-refractivity contribution is -0.346. The molecule has 4 atom stereocenters. The predicted octanol–water partition coefficient (Wildman–Crippen LogP) is 10.2. The molecule has 24 nitrogen and oxygen atoms in total. The molecule has 0 spiro atoms. The van der Waals surface area contributed by atoms with Crippen molar-refractivity contribution >= 4 is 104 Å². The van der Waals surface area contributed by atoms with Crippen LogP contribution in [0.1, 0.15) is 93.7 Å². The van der Waals surface area contributed by atoms with Gasteiger partial charge in [0.15, 0.2) is 52.8 Å². The van der Waals surface area contributed by atoms with Crippen molar-refractivity contribution in [2.45, 2.75) is 59.3 Å². The Labute approximate surface area is 639 Å². The highest BCUT2D eigenvalue weighted by Gasteiger charge is 2.40. The second-order valence-electron chi connectivity index (χ2n) is 24.5. The Hall–Kier alpha value is -11.9. The van der Waals surface area contributed by atoms with Crippen molar-refractivity contribution in [1.29, 1.82) is 0 Å². The van der Waals surface area contributed by atoms with Crippen LogP contribution >= 0.6 is 22.7 Å². The van der Waals surface area contributed by atoms with E-state index in [1.54, 1.807) is 70.7 Å². The predicted molar refractivity (Wildman–Crippen MR) is 416 cm³/mol. The molecule has 12 rings (SSSR count). The number of terminal acetylenes is 4. The second kappa shape index (κ2) is 36.6. The fourth-order valence-corrected chi connectivity index (χ4v) is 14.0. The summed E-state index contributed by atoms with van der Waals surface area (Å²) in [6.45, 7) is 4.90. The molecule has 0 saturated heterocycles. The molecule has 6 aromatic carbocycles. The number of benzodiazepines with no additional fused rings is 2. The number of aliphatic imine (C=N–C) groups is 4. The number of thiophene rings is 2. The van der Waals surface area contributed by atoms with Crippen molar-refractivity contribution in [3.8, 4) is 49.4 Å². The van der Waals surface area contributed by atoms with Crippen LogP contribution in [0.3, 0.4) is 0 Å². The van der Waals surface area contributed by atoms with Gasteiger partial charge in [-0.1, -0.05) is 128 Å². The number of nitrogens with zero attached hydrogens (tertiary/aromatic N) is 8. The summed E-state index contributed by atoms with van der Waals surface area (Å²) < 4.78 is 31.7. The van der Waals surface area contributed by atoms with Gasteiger partial charge in [0.1, 0.15) is 13.2 Å². The van der Waals surface area contributed by atoms with Gasteiger partial charge in [-0.2, -0.15) is 0 Å². The lowest BCUT2D eigenvalue weighted by atomic mass is 9.95. The van der Waals surface area contributed by atoms with Crippen LogP contribution in [0.5, 0.6) is 0 Å². The average molecular weight is 1510 g/mol. The third-order valence-corrected chi connectivity index (χ3v) is 19.8. The number of fused-ring (bicyclic) bond motifs is 4. The lowest BCUT2D eigenvalue weighted by Crippen LogP contribution is -2.40. The molecule has 4 unspecified atom stereocenters. The van der Waals surface area contributed by atoms with Crippen molar-refractivity contribution in [3.05, 3.63) is 232 Å². The van der Waals surface area contributed by atoms with Gasteiger partial charge in [-0.3, -0.25) is 39.1 Å². The number of esters is 2. The molecule has 0 N–H and O–H groups in total. The Bertz CT molecular complexity index is 5120. The van der Waals surface area contributed by atoms with Crippen LogP contribution < -0.4 is 19.6 Å². The van der Waals surface area contributed by atoms with E-state index in [1.165, 1.54) is 42.3 Å². The Morgan fingerprint density at radius 2 is 0.716 bits per heavy atom. The Kier molecular flexibility index (Phi) is 26.8. The van der Waals surface area contributed by atoms with E-state index in [0.717, 1.165) is 54.9 Å². The number of amides is 4. The molecule has 2 aromatic heterocycles. The molecule has 0 radical (unpaired) electrons. The van der Waals surface area contributed by atoms with Crippen LogP contribution in [0.2, 0.25) is 0 Å². The van der Waals surface area contributed by atoms with E-state index >= 15 is 0 Å². The smallest absolute Gasteiger partial charge is 0.342 e. The standard InChI is InChI=1S/C43H38N4O8.C39H34N4O8S2.CH4/c1-7-29-17-19-36-33(21-29)38(31-15-11-9-13-27(31)3)44-35(41(48)46(36)5)23-54-55-26-52-24-51-25-53-43(50)40-42(49)47(6)37-20-18-30(8-2)22-34(37)39(45-40)32-16-12-10-14-28(32)4;1-7-25-17-30-35(52-25)32(27-15-11-9-13-23(27)3)40-29(37(44)42(30)5)19-50-51-22-48-20-47-21-49-39(46)34-38(45)43(6)31-18-26(8-2)53-36(31)33(41-34)28-16-12-10-14-24(28)4;/h1-2,9-22,35,40H,23-26H2,3-6H3;1-2,9-18,29,34H,19-22H2,3-6H3;1H4. The fraction of sp³-hybridized carbons (Fsp3) is 0.253. The van der Waals surface area contributed by atoms with E-state index in [9.17, 15) is 28.8 Å². The summed E-state index contributed by atoms with van der Waals surface area (Å²) in [4.78, 5) is 129. The largest absolute Gasteiger partial charge is 0.436 e. The van der Waals surface area contributed by atoms with Crippen molar-refractivity contribution in [2.24, 2.45) is 20.0 Å². The molecular formula is C83H76N8O16S2. The van der Waals surface area contributed by atoms with Crippen molar-refractivity contribution < 1.29 is 76.7 Å². The maximum atomic E-state index is 13.5. The number of hydrogen-bond acceptors (Lipinski definition) is 22. The zero-order valence-electron chi connectivity index (χ0n) is 60.1. The Balaban J connectivity index is 0.000000230. The van der Waals surface area contributed by atoms with E-state index in [0.29, 0.717) is 76.9 Å². The third kappa shape index (κ3) is 17.9. The first-order chi connectivity index (χ1) is 52.2. The van der Waals surface area contributed by atoms with Crippen LogP contribution in [0.15, 0.2) is 166 Å². The molecule has 4 amide bonds. The van der Waals surface area contributed by atoms with Gasteiger partial charge in [0, 0.05) is 72.7 Å². The summed E-state index contributed by atoms with van der Waals surface area (Å²) in [5.74, 6) is 6.97. The Morgan fingerprint density at radius 1 is 0.385 bits per heavy atom. The van der Waals surface area contributed by atoms with Gasteiger partial charge < -0.3 is 48.0 Å². The van der Waals surface area contributed by atoms with Gasteiger partial charge in [0.05, 0.1) is 65.1 Å². The number of carbonyl (C=O) groups excluding carboxylic acids is 6. The maximum Gasteiger partial charge on any atom is 0.342 e. The third-order valence-electron chi connectivity index (χ3n) is 17.7. The lowest BCUT2D eigenvalue weighted by Gasteiger charge is -2.20. The van der Waals surface area contributed by atoms with Crippen LogP contribution in [-0.4, -0.2) is 165 Å². The van der Waals surface area contributed by atoms with E-state index in [-0.39, 0.29) is 59.6 Å². The molecule has 26 heteroatoms. The van der Waals surface area contributed by atoms with Gasteiger partial charge in [0.25, 0.3) is 23.6 Å². The summed E-state index contributed by atoms with van der Waals surface area (Å²) in [5, 5.41) is 0. The SMILES string of the molecule is C.C#Cc1cc2c(s1)C(c1ccccc1C)=NC(COOCOCOCOC(=O)C1N=C(c3ccccc3C)c3sc(C#C)cc3N(C)C1=O)C(=O)N2C.C#Cc1ccc2c(c1)C(c1ccccc1C)=NC(COOCOCOCOC(=O)C1N=C(c3ccccc3C)c3cc(C#C)ccc3N(C)C1=O)C(=O)N2C. The zero-order chi connectivity index (χ0) is 76.7. The van der Waals surface area contributed by atoms with E-state index in [1.807, 2.05) is 131 Å². The normalized spacial score (nSPS) is 16.5. The molecule has 109 heavy (non-hydrogen) atoms. The minimum absolute atomic E-state index is 0. The number of ether oxygens (including phenoxy) is 6. The van der Waals surface area contributed by atoms with Gasteiger partial charge in [-0.05, 0) is 98.5 Å². The molecule has 0 fully saturated rings. The molecule has 6 heterocycles. The number of carbonyl (C=O) groups is 6. The highest BCUT2D eigenvalue weighted by atomic mass is 32.1. The van der Waals surface area contributed by atoms with Crippen molar-refractivity contribution in [3.63, 3.8) is 0 Å². The summed E-state index contributed by atoms with van der Waals surface area (Å²) in [6.07, 6.45) is 22.7. The maximum absolute atomic E-state index is 13.5. The first kappa shape index (κ1) is 79.7. The first-order valence-corrected chi connectivity index (χ1v) is 35.1. The highest BCUT2D eigenvalue weighted by Crippen LogP contribution is 2.39. The van der Waals surface area contributed by atoms with E-state index in [2.05, 4.69) is 33.7 Å². The van der Waals surface area contributed by atoms with Gasteiger partial charge in [-0.15, -0.1) is 48.4 Å². The number of benzene rings is 6. The van der Waals surface area contributed by atoms with Crippen LogP contribution in [0.4, 0.5) is 22.7 Å². The summed E-state index contributed by atoms with van der Waals surface area (Å²) in [5.41, 5.74) is 14.2. The number of aryl methyl sites for hydroxylation is 4. The second-order valence-corrected chi connectivity index (χ2v) is 26.6. The summed E-state index contributed by atoms with van der Waals surface area (Å²) in [7, 11) is 6.46. The quantitative estimate of drug-likeness (QED) is 0.0104. The number of anilines is 4. The number of likely N-dealkylation sites (N-methyl/N-ethyl adjacent to an activating group) is 4. The molecule has 8 aromatic rings. The molecule has 4 aliphatic rings. The monoisotopic (exact) mass is 1500 g/mol. The van der Waals surface area contributed by atoms with Crippen LogP contribution in [0, 0.1) is 77.1 Å². The molecule has 4 aliphatic heterocycles. The minimum atomic E-state index is -1.51. The summed E-state index contributed by atoms with van der Waals surface area (Å²) in [6, 6.07) is 39.9. The van der Waals surface area contributed by atoms with E-state index in [4.69, 9.17) is 83.6 Å². The number of rotatable bonds is 24. The number of hydrogen-bond donors (Lipinski definition) is 0. The van der Waals surface area contributed by atoms with Crippen LogP contribution in [-0.2, 0) is 76.7 Å². The highest BCUT2D eigenvalue weighted by molar-refractivity contribution is 7.16. The Morgan fingerprint density at radius 3 is 1.11 bits per heavy atom. The summed E-state index contributed by atoms with van der Waals surface area (Å²) >= 11 is 2.70. The zero-order valence-corrected chi connectivity index (χ0v) is 61.7. The minimum Gasteiger partial charge on any atom is -0.436 e. The molecule has 0 bridgehead atoms. The average Bonchev–Trinajstić information content (AvgIpc) is 1.55. The van der Waals surface area contributed by atoms with Crippen LogP contribution in [0.25, 0.3) is 0 Å². The molecule has 556 valence electrons. The molecular weight excluding hydrogens is 1430 g/mol. The van der Waals surface area contributed by atoms with E-state index < -0.39 is 61.5 Å². The fourth-order valence-electron chi connectivity index (χ4n) is 12.0. The van der Waals surface area contributed by atoms with Gasteiger partial charge in [-0.25, -0.2) is 29.1 Å². The van der Waals surface area contributed by atoms with Gasteiger partial charge >= 0.3 is 11.9 Å². The van der Waals surface area contributed by atoms with Crippen molar-refractivity contribution in [1.82, 2.24) is 0 Å². The van der Waals surface area contributed by atoms with Gasteiger partial charge in [0.2, 0.25) is 12.1 Å².